The van der Waals surface area contributed by atoms with Crippen molar-refractivity contribution in [3.05, 3.63) is 53.3 Å². The quantitative estimate of drug-likeness (QED) is 0.917. The van der Waals surface area contributed by atoms with E-state index < -0.39 is 6.10 Å². The van der Waals surface area contributed by atoms with Gasteiger partial charge in [0.15, 0.2) is 0 Å². The summed E-state index contributed by atoms with van der Waals surface area (Å²) in [5, 5.41) is 14.4. The number of benzene rings is 1. The second-order valence-corrected chi connectivity index (χ2v) is 4.94. The fraction of sp³-hybridized carbons (Fsp3) is 0.400. The SMILES string of the molecule is Cn1nccc1C(O)CC1OCCc2ccccc21. The van der Waals surface area contributed by atoms with Gasteiger partial charge in [0.1, 0.15) is 0 Å². The lowest BCUT2D eigenvalue weighted by molar-refractivity contribution is 0.00201. The molecule has 0 saturated heterocycles. The maximum Gasteiger partial charge on any atom is 0.0984 e. The molecule has 1 aliphatic heterocycles. The van der Waals surface area contributed by atoms with E-state index in [1.807, 2.05) is 19.2 Å². The van der Waals surface area contributed by atoms with Gasteiger partial charge >= 0.3 is 0 Å². The summed E-state index contributed by atoms with van der Waals surface area (Å²) in [5.41, 5.74) is 3.36. The Bertz CT molecular complexity index is 565. The molecule has 0 radical (unpaired) electrons. The second kappa shape index (κ2) is 5.15. The number of aromatic nitrogens is 2. The van der Waals surface area contributed by atoms with Crippen LogP contribution < -0.4 is 0 Å². The number of rotatable bonds is 3. The zero-order valence-corrected chi connectivity index (χ0v) is 11.0. The molecule has 2 atom stereocenters. The van der Waals surface area contributed by atoms with Gasteiger partial charge in [-0.05, 0) is 23.6 Å². The number of hydrogen-bond acceptors (Lipinski definition) is 3. The van der Waals surface area contributed by atoms with Gasteiger partial charge in [-0.3, -0.25) is 4.68 Å². The Morgan fingerprint density at radius 2 is 2.26 bits per heavy atom. The minimum Gasteiger partial charge on any atom is -0.387 e. The van der Waals surface area contributed by atoms with Gasteiger partial charge in [-0.25, -0.2) is 0 Å². The highest BCUT2D eigenvalue weighted by Crippen LogP contribution is 2.33. The van der Waals surface area contributed by atoms with Crippen molar-refractivity contribution in [3.8, 4) is 0 Å². The number of aliphatic hydroxyl groups excluding tert-OH is 1. The zero-order chi connectivity index (χ0) is 13.2. The molecule has 19 heavy (non-hydrogen) atoms. The van der Waals surface area contributed by atoms with Gasteiger partial charge in [0.2, 0.25) is 0 Å². The van der Waals surface area contributed by atoms with E-state index in [1.165, 1.54) is 11.1 Å². The molecule has 0 bridgehead atoms. The molecule has 0 spiro atoms. The lowest BCUT2D eigenvalue weighted by atomic mass is 9.93. The number of ether oxygens (including phenoxy) is 1. The predicted molar refractivity (Wildman–Crippen MR) is 71.6 cm³/mol. The molecule has 1 aromatic heterocycles. The first-order chi connectivity index (χ1) is 9.25. The monoisotopic (exact) mass is 258 g/mol. The van der Waals surface area contributed by atoms with E-state index in [4.69, 9.17) is 4.74 Å². The molecule has 1 aromatic carbocycles. The van der Waals surface area contributed by atoms with E-state index in [-0.39, 0.29) is 6.10 Å². The predicted octanol–water partition coefficient (Wildman–Crippen LogP) is 2.16. The van der Waals surface area contributed by atoms with Crippen LogP contribution in [-0.4, -0.2) is 21.5 Å². The number of hydrogen-bond donors (Lipinski definition) is 1. The third-order valence-electron chi connectivity index (χ3n) is 3.73. The van der Waals surface area contributed by atoms with E-state index in [0.717, 1.165) is 18.7 Å². The number of nitrogens with zero attached hydrogens (tertiary/aromatic N) is 2. The van der Waals surface area contributed by atoms with Crippen molar-refractivity contribution < 1.29 is 9.84 Å². The average Bonchev–Trinajstić information content (AvgIpc) is 2.85. The highest BCUT2D eigenvalue weighted by Gasteiger charge is 2.24. The van der Waals surface area contributed by atoms with Crippen molar-refractivity contribution in [2.24, 2.45) is 7.05 Å². The third kappa shape index (κ3) is 2.41. The van der Waals surface area contributed by atoms with Crippen LogP contribution in [0.2, 0.25) is 0 Å². The van der Waals surface area contributed by atoms with Crippen LogP contribution in [0.4, 0.5) is 0 Å². The minimum absolute atomic E-state index is 0.0325. The summed E-state index contributed by atoms with van der Waals surface area (Å²) >= 11 is 0. The van der Waals surface area contributed by atoms with E-state index in [2.05, 4.69) is 23.3 Å². The average molecular weight is 258 g/mol. The van der Waals surface area contributed by atoms with Gasteiger partial charge in [0, 0.05) is 19.7 Å². The summed E-state index contributed by atoms with van der Waals surface area (Å²) in [5.74, 6) is 0. The van der Waals surface area contributed by atoms with Crippen LogP contribution in [0.5, 0.6) is 0 Å². The van der Waals surface area contributed by atoms with Crippen molar-refractivity contribution in [3.63, 3.8) is 0 Å². The molecule has 0 saturated carbocycles. The topological polar surface area (TPSA) is 47.3 Å². The van der Waals surface area contributed by atoms with E-state index in [1.54, 1.807) is 10.9 Å². The summed E-state index contributed by atoms with van der Waals surface area (Å²) in [4.78, 5) is 0. The summed E-state index contributed by atoms with van der Waals surface area (Å²) < 4.78 is 7.53. The second-order valence-electron chi connectivity index (χ2n) is 4.94. The Hall–Kier alpha value is -1.65. The molecule has 4 heteroatoms. The number of aliphatic hydroxyl groups is 1. The van der Waals surface area contributed by atoms with Crippen LogP contribution in [0.1, 0.15) is 35.4 Å². The molecular formula is C15H18N2O2. The first-order valence-electron chi connectivity index (χ1n) is 6.61. The van der Waals surface area contributed by atoms with Crippen LogP contribution in [0.15, 0.2) is 36.5 Å². The number of aryl methyl sites for hydroxylation is 1. The van der Waals surface area contributed by atoms with Crippen LogP contribution >= 0.6 is 0 Å². The highest BCUT2D eigenvalue weighted by atomic mass is 16.5. The molecular weight excluding hydrogens is 240 g/mol. The molecule has 1 aliphatic rings. The van der Waals surface area contributed by atoms with Crippen molar-refractivity contribution in [1.29, 1.82) is 0 Å². The van der Waals surface area contributed by atoms with Crippen LogP contribution in [0, 0.1) is 0 Å². The van der Waals surface area contributed by atoms with Gasteiger partial charge in [-0.15, -0.1) is 0 Å². The molecule has 0 fully saturated rings. The lowest BCUT2D eigenvalue weighted by Crippen LogP contribution is -2.19. The molecule has 0 aliphatic carbocycles. The standard InChI is InChI=1S/C15H18N2O2/c1-17-13(6-8-16-17)14(18)10-15-12-5-3-2-4-11(12)7-9-19-15/h2-6,8,14-15,18H,7,9-10H2,1H3. The lowest BCUT2D eigenvalue weighted by Gasteiger charge is -2.27. The molecule has 1 N–H and O–H groups in total. The molecule has 2 aromatic rings. The Balaban J connectivity index is 1.80. The van der Waals surface area contributed by atoms with Gasteiger partial charge in [0.25, 0.3) is 0 Å². The Morgan fingerprint density at radius 3 is 3.05 bits per heavy atom. The van der Waals surface area contributed by atoms with E-state index in [9.17, 15) is 5.11 Å². The first-order valence-corrected chi connectivity index (χ1v) is 6.61. The molecule has 2 heterocycles. The van der Waals surface area contributed by atoms with Crippen molar-refractivity contribution in [2.75, 3.05) is 6.61 Å². The van der Waals surface area contributed by atoms with Crippen LogP contribution in [0.3, 0.4) is 0 Å². The van der Waals surface area contributed by atoms with Gasteiger partial charge in [-0.2, -0.15) is 5.10 Å². The van der Waals surface area contributed by atoms with Crippen molar-refractivity contribution in [1.82, 2.24) is 9.78 Å². The Labute approximate surface area is 112 Å². The Morgan fingerprint density at radius 1 is 1.42 bits per heavy atom. The maximum absolute atomic E-state index is 10.3. The zero-order valence-electron chi connectivity index (χ0n) is 11.0. The molecule has 0 amide bonds. The molecule has 4 nitrogen and oxygen atoms in total. The Kier molecular flexibility index (Phi) is 3.36. The summed E-state index contributed by atoms with van der Waals surface area (Å²) in [7, 11) is 1.84. The van der Waals surface area contributed by atoms with Gasteiger partial charge in [-0.1, -0.05) is 24.3 Å². The first kappa shape index (κ1) is 12.4. The van der Waals surface area contributed by atoms with Crippen LogP contribution in [0.25, 0.3) is 0 Å². The van der Waals surface area contributed by atoms with Crippen molar-refractivity contribution in [2.45, 2.75) is 25.0 Å². The summed E-state index contributed by atoms with van der Waals surface area (Å²) in [6.45, 7) is 0.722. The van der Waals surface area contributed by atoms with Crippen LogP contribution in [-0.2, 0) is 18.2 Å². The van der Waals surface area contributed by atoms with Crippen molar-refractivity contribution >= 4 is 0 Å². The summed E-state index contributed by atoms with van der Waals surface area (Å²) in [6, 6.07) is 10.2. The molecule has 2 unspecified atom stereocenters. The third-order valence-corrected chi connectivity index (χ3v) is 3.73. The molecule has 100 valence electrons. The van der Waals surface area contributed by atoms with Gasteiger partial charge < -0.3 is 9.84 Å². The number of fused-ring (bicyclic) bond motifs is 1. The highest BCUT2D eigenvalue weighted by molar-refractivity contribution is 5.31. The fourth-order valence-electron chi connectivity index (χ4n) is 2.71. The normalized spacial score (nSPS) is 20.0. The fourth-order valence-corrected chi connectivity index (χ4v) is 2.71. The largest absolute Gasteiger partial charge is 0.387 e. The van der Waals surface area contributed by atoms with E-state index in [0.29, 0.717) is 6.42 Å². The van der Waals surface area contributed by atoms with Gasteiger partial charge in [0.05, 0.1) is 24.5 Å². The smallest absolute Gasteiger partial charge is 0.0984 e. The maximum atomic E-state index is 10.3. The molecule has 3 rings (SSSR count). The van der Waals surface area contributed by atoms with E-state index >= 15 is 0 Å². The summed E-state index contributed by atoms with van der Waals surface area (Å²) in [6.07, 6.45) is 2.64. The minimum atomic E-state index is -0.552.